The summed E-state index contributed by atoms with van der Waals surface area (Å²) in [4.78, 5) is 19.2. The molecule has 3 rings (SSSR count). The van der Waals surface area contributed by atoms with Crippen LogP contribution in [-0.4, -0.2) is 73.0 Å². The lowest BCUT2D eigenvalue weighted by atomic mass is 10.0. The number of likely N-dealkylation sites (tertiary alicyclic amines) is 2. The Bertz CT molecular complexity index is 611. The zero-order valence-electron chi connectivity index (χ0n) is 14.7. The van der Waals surface area contributed by atoms with E-state index in [4.69, 9.17) is 0 Å². The molecule has 4 nitrogen and oxygen atoms in total. The third kappa shape index (κ3) is 4.17. The minimum atomic E-state index is -0.0749. The summed E-state index contributed by atoms with van der Waals surface area (Å²) in [6.07, 6.45) is 3.55. The van der Waals surface area contributed by atoms with Crippen LogP contribution in [0, 0.1) is 11.8 Å². The van der Waals surface area contributed by atoms with Gasteiger partial charge in [0.25, 0.3) is 5.91 Å². The van der Waals surface area contributed by atoms with Gasteiger partial charge in [-0.15, -0.1) is 0 Å². The molecule has 0 bridgehead atoms. The first-order chi connectivity index (χ1) is 11.6. The molecule has 0 aromatic heterocycles. The Labute approximate surface area is 145 Å². The van der Waals surface area contributed by atoms with E-state index in [9.17, 15) is 4.79 Å². The van der Waals surface area contributed by atoms with Gasteiger partial charge >= 0.3 is 0 Å². The molecule has 0 radical (unpaired) electrons. The van der Waals surface area contributed by atoms with Crippen molar-refractivity contribution in [3.8, 4) is 11.8 Å². The molecular weight excluding hydrogens is 298 g/mol. The molecule has 1 amide bonds. The van der Waals surface area contributed by atoms with Crippen molar-refractivity contribution >= 4 is 5.91 Å². The number of rotatable bonds is 2. The van der Waals surface area contributed by atoms with Crippen LogP contribution >= 0.6 is 0 Å². The lowest BCUT2D eigenvalue weighted by Crippen LogP contribution is -2.44. The number of likely N-dealkylation sites (N-methyl/N-ethyl adjacent to an activating group) is 1. The number of hydrogen-bond donors (Lipinski definition) is 0. The molecule has 1 aromatic carbocycles. The monoisotopic (exact) mass is 325 g/mol. The van der Waals surface area contributed by atoms with Gasteiger partial charge in [-0.25, -0.2) is 0 Å². The van der Waals surface area contributed by atoms with Crippen molar-refractivity contribution in [3.05, 3.63) is 35.9 Å². The van der Waals surface area contributed by atoms with E-state index in [1.807, 2.05) is 42.3 Å². The van der Waals surface area contributed by atoms with Crippen LogP contribution in [0.1, 0.15) is 24.8 Å². The summed E-state index contributed by atoms with van der Waals surface area (Å²) in [5.74, 6) is 5.68. The Kier molecular flexibility index (Phi) is 5.55. The van der Waals surface area contributed by atoms with E-state index in [0.29, 0.717) is 12.1 Å². The average Bonchev–Trinajstić information content (AvgIpc) is 3.10. The second kappa shape index (κ2) is 7.83. The zero-order chi connectivity index (χ0) is 16.9. The van der Waals surface area contributed by atoms with Crippen LogP contribution < -0.4 is 0 Å². The Balaban J connectivity index is 1.53. The fourth-order valence-electron chi connectivity index (χ4n) is 3.68. The lowest BCUT2D eigenvalue weighted by Gasteiger charge is -2.35. The third-order valence-electron chi connectivity index (χ3n) is 5.35. The smallest absolute Gasteiger partial charge is 0.298 e. The minimum absolute atomic E-state index is 0.0749. The molecule has 0 aliphatic carbocycles. The summed E-state index contributed by atoms with van der Waals surface area (Å²) < 4.78 is 0. The molecule has 4 heteroatoms. The highest BCUT2D eigenvalue weighted by atomic mass is 16.2. The Morgan fingerprint density at radius 3 is 2.54 bits per heavy atom. The van der Waals surface area contributed by atoms with Gasteiger partial charge in [0.05, 0.1) is 0 Å². The molecule has 0 spiro atoms. The van der Waals surface area contributed by atoms with Crippen molar-refractivity contribution in [3.63, 3.8) is 0 Å². The summed E-state index contributed by atoms with van der Waals surface area (Å²) in [7, 11) is 4.09. The molecular formula is C20H27N3O. The van der Waals surface area contributed by atoms with Gasteiger partial charge in [-0.3, -0.25) is 9.69 Å². The van der Waals surface area contributed by atoms with E-state index in [0.717, 1.165) is 25.1 Å². The molecule has 2 fully saturated rings. The van der Waals surface area contributed by atoms with Crippen molar-refractivity contribution in [2.75, 3.05) is 40.3 Å². The predicted octanol–water partition coefficient (Wildman–Crippen LogP) is 1.66. The predicted molar refractivity (Wildman–Crippen MR) is 96.6 cm³/mol. The van der Waals surface area contributed by atoms with Crippen LogP contribution in [0.2, 0.25) is 0 Å². The average molecular weight is 325 g/mol. The first kappa shape index (κ1) is 17.0. The van der Waals surface area contributed by atoms with Crippen molar-refractivity contribution in [1.29, 1.82) is 0 Å². The number of benzene rings is 1. The zero-order valence-corrected chi connectivity index (χ0v) is 14.7. The lowest BCUT2D eigenvalue weighted by molar-refractivity contribution is -0.125. The molecule has 24 heavy (non-hydrogen) atoms. The van der Waals surface area contributed by atoms with Gasteiger partial charge in [-0.05, 0) is 51.5 Å². The molecule has 2 saturated heterocycles. The van der Waals surface area contributed by atoms with E-state index >= 15 is 0 Å². The molecule has 2 heterocycles. The van der Waals surface area contributed by atoms with E-state index in [-0.39, 0.29) is 5.91 Å². The fraction of sp³-hybridized carbons (Fsp3) is 0.550. The van der Waals surface area contributed by atoms with Crippen LogP contribution in [0.25, 0.3) is 0 Å². The van der Waals surface area contributed by atoms with E-state index in [2.05, 4.69) is 28.7 Å². The second-order valence-electron chi connectivity index (χ2n) is 7.00. The van der Waals surface area contributed by atoms with Crippen LogP contribution in [0.3, 0.4) is 0 Å². The molecule has 2 aliphatic heterocycles. The maximum absolute atomic E-state index is 12.4. The van der Waals surface area contributed by atoms with Crippen LogP contribution in [0.4, 0.5) is 0 Å². The summed E-state index contributed by atoms with van der Waals surface area (Å²) in [6, 6.07) is 10.7. The molecule has 2 aliphatic rings. The number of nitrogens with zero attached hydrogens (tertiary/aromatic N) is 3. The fourth-order valence-corrected chi connectivity index (χ4v) is 3.68. The Morgan fingerprint density at radius 2 is 1.83 bits per heavy atom. The van der Waals surface area contributed by atoms with Gasteiger partial charge < -0.3 is 9.80 Å². The van der Waals surface area contributed by atoms with Gasteiger partial charge in [-0.2, -0.15) is 0 Å². The minimum Gasteiger partial charge on any atom is -0.331 e. The molecule has 128 valence electrons. The van der Waals surface area contributed by atoms with Crippen molar-refractivity contribution < 1.29 is 4.79 Å². The maximum atomic E-state index is 12.4. The quantitative estimate of drug-likeness (QED) is 0.774. The van der Waals surface area contributed by atoms with Crippen molar-refractivity contribution in [2.24, 2.45) is 0 Å². The first-order valence-electron chi connectivity index (χ1n) is 8.90. The number of amides is 1. The number of hydrogen-bond acceptors (Lipinski definition) is 3. The van der Waals surface area contributed by atoms with E-state index in [1.54, 1.807) is 0 Å². The number of carbonyl (C=O) groups excluding carboxylic acids is 1. The highest BCUT2D eigenvalue weighted by Gasteiger charge is 2.32. The maximum Gasteiger partial charge on any atom is 0.298 e. The molecule has 1 aromatic rings. The van der Waals surface area contributed by atoms with Crippen molar-refractivity contribution in [2.45, 2.75) is 31.3 Å². The number of piperidine rings is 1. The van der Waals surface area contributed by atoms with Gasteiger partial charge in [0, 0.05) is 43.7 Å². The largest absolute Gasteiger partial charge is 0.331 e. The summed E-state index contributed by atoms with van der Waals surface area (Å²) in [5, 5.41) is 0. The first-order valence-corrected chi connectivity index (χ1v) is 8.90. The van der Waals surface area contributed by atoms with Crippen LogP contribution in [0.5, 0.6) is 0 Å². The normalized spacial score (nSPS) is 22.8. The highest BCUT2D eigenvalue weighted by molar-refractivity contribution is 5.94. The Morgan fingerprint density at radius 1 is 1.12 bits per heavy atom. The van der Waals surface area contributed by atoms with Gasteiger partial charge in [0.1, 0.15) is 0 Å². The van der Waals surface area contributed by atoms with Crippen molar-refractivity contribution in [1.82, 2.24) is 14.7 Å². The second-order valence-corrected chi connectivity index (χ2v) is 7.00. The Hall–Kier alpha value is -1.83. The van der Waals surface area contributed by atoms with E-state index < -0.39 is 0 Å². The summed E-state index contributed by atoms with van der Waals surface area (Å²) in [5.41, 5.74) is 0.888. The summed E-state index contributed by atoms with van der Waals surface area (Å²) >= 11 is 0. The van der Waals surface area contributed by atoms with Gasteiger partial charge in [0.15, 0.2) is 0 Å². The molecule has 0 N–H and O–H groups in total. The summed E-state index contributed by atoms with van der Waals surface area (Å²) in [6.45, 7) is 4.46. The van der Waals surface area contributed by atoms with Crippen LogP contribution in [-0.2, 0) is 4.79 Å². The molecule has 0 unspecified atom stereocenters. The van der Waals surface area contributed by atoms with E-state index in [1.165, 1.54) is 25.9 Å². The topological polar surface area (TPSA) is 26.8 Å². The van der Waals surface area contributed by atoms with Gasteiger partial charge in [-0.1, -0.05) is 24.1 Å². The van der Waals surface area contributed by atoms with Crippen LogP contribution in [0.15, 0.2) is 30.3 Å². The highest BCUT2D eigenvalue weighted by Crippen LogP contribution is 2.22. The third-order valence-corrected chi connectivity index (χ3v) is 5.35. The molecule has 1 atom stereocenters. The SMILES string of the molecule is CN1CCC(N2CC[C@H](N(C)C(=O)C#Cc3ccccc3)C2)CC1. The standard InChI is InChI=1S/C20H27N3O/c1-21-13-10-18(11-14-21)23-15-12-19(16-23)22(2)20(24)9-8-17-6-4-3-5-7-17/h3-7,18-19H,10-16H2,1-2H3/t19-/m0/s1. The van der Waals surface area contributed by atoms with Gasteiger partial charge in [0.2, 0.25) is 0 Å². The number of carbonyl (C=O) groups is 1. The molecule has 0 saturated carbocycles.